The van der Waals surface area contributed by atoms with E-state index in [1.165, 1.54) is 0 Å². The average molecular weight is 370 g/mol. The van der Waals surface area contributed by atoms with Crippen LogP contribution in [0, 0.1) is 0 Å². The Kier molecular flexibility index (Phi) is 4.84. The lowest BCUT2D eigenvalue weighted by molar-refractivity contribution is 0.102. The number of methoxy groups -OCH3 is 1. The topological polar surface area (TPSA) is 69.0 Å². The van der Waals surface area contributed by atoms with E-state index in [-0.39, 0.29) is 5.91 Å². The van der Waals surface area contributed by atoms with Crippen molar-refractivity contribution in [3.8, 4) is 22.7 Å². The van der Waals surface area contributed by atoms with Crippen LogP contribution < -0.4 is 10.1 Å². The number of pyridine rings is 1. The average Bonchev–Trinajstić information content (AvgIpc) is 3.21. The molecule has 1 amide bonds. The Bertz CT molecular complexity index is 1090. The normalized spacial score (nSPS) is 10.5. The van der Waals surface area contributed by atoms with E-state index in [1.807, 2.05) is 54.6 Å². The van der Waals surface area contributed by atoms with Gasteiger partial charge >= 0.3 is 0 Å². The monoisotopic (exact) mass is 370 g/mol. The molecule has 2 heterocycles. The van der Waals surface area contributed by atoms with E-state index in [0.717, 1.165) is 11.3 Å². The maximum absolute atomic E-state index is 13.0. The van der Waals surface area contributed by atoms with Gasteiger partial charge in [-0.05, 0) is 36.4 Å². The highest BCUT2D eigenvalue weighted by atomic mass is 16.5. The lowest BCUT2D eigenvalue weighted by Crippen LogP contribution is -2.12. The van der Waals surface area contributed by atoms with Crippen molar-refractivity contribution >= 4 is 11.6 Å². The summed E-state index contributed by atoms with van der Waals surface area (Å²) in [4.78, 5) is 17.0. The first kappa shape index (κ1) is 17.5. The minimum absolute atomic E-state index is 0.256. The highest BCUT2D eigenvalue weighted by Gasteiger charge is 2.19. The summed E-state index contributed by atoms with van der Waals surface area (Å²) in [5, 5.41) is 7.55. The van der Waals surface area contributed by atoms with Crippen molar-refractivity contribution in [3.63, 3.8) is 0 Å². The van der Waals surface area contributed by atoms with Crippen LogP contribution >= 0.6 is 0 Å². The third kappa shape index (κ3) is 3.61. The van der Waals surface area contributed by atoms with E-state index < -0.39 is 0 Å². The van der Waals surface area contributed by atoms with Crippen molar-refractivity contribution in [2.24, 2.45) is 0 Å². The molecule has 4 rings (SSSR count). The zero-order valence-electron chi connectivity index (χ0n) is 15.2. The third-order valence-corrected chi connectivity index (χ3v) is 4.24. The Labute approximate surface area is 162 Å². The molecule has 0 saturated heterocycles. The molecular weight excluding hydrogens is 352 g/mol. The molecule has 0 aliphatic rings. The molecule has 2 aromatic heterocycles. The van der Waals surface area contributed by atoms with Gasteiger partial charge in [-0.15, -0.1) is 0 Å². The second kappa shape index (κ2) is 7.75. The van der Waals surface area contributed by atoms with Gasteiger partial charge in [-0.25, -0.2) is 4.68 Å². The van der Waals surface area contributed by atoms with Gasteiger partial charge in [0.15, 0.2) is 0 Å². The van der Waals surface area contributed by atoms with Gasteiger partial charge in [-0.2, -0.15) is 5.10 Å². The molecule has 0 bridgehead atoms. The van der Waals surface area contributed by atoms with Crippen LogP contribution in [0.1, 0.15) is 10.4 Å². The lowest BCUT2D eigenvalue weighted by atomic mass is 10.1. The third-order valence-electron chi connectivity index (χ3n) is 4.24. The summed E-state index contributed by atoms with van der Waals surface area (Å²) in [7, 11) is 1.61. The van der Waals surface area contributed by atoms with Crippen molar-refractivity contribution < 1.29 is 9.53 Å². The molecule has 0 fully saturated rings. The lowest BCUT2D eigenvalue weighted by Gasteiger charge is -2.06. The van der Waals surface area contributed by atoms with Gasteiger partial charge in [0, 0.05) is 18.0 Å². The Balaban J connectivity index is 1.78. The summed E-state index contributed by atoms with van der Waals surface area (Å²) in [6.45, 7) is 0. The fraction of sp³-hybridized carbons (Fsp3) is 0.0455. The number of rotatable bonds is 5. The molecule has 0 saturated carbocycles. The van der Waals surface area contributed by atoms with Crippen LogP contribution in [-0.4, -0.2) is 27.8 Å². The van der Waals surface area contributed by atoms with Crippen LogP contribution in [0.4, 0.5) is 5.69 Å². The van der Waals surface area contributed by atoms with Crippen LogP contribution in [0.15, 0.2) is 85.3 Å². The maximum atomic E-state index is 13.0. The zero-order valence-corrected chi connectivity index (χ0v) is 15.2. The predicted octanol–water partition coefficient (Wildman–Crippen LogP) is 4.20. The second-order valence-corrected chi connectivity index (χ2v) is 6.10. The SMILES string of the molecule is COc1cccc(-c2nn(-c3ccccc3)cc2C(=O)Nc2cccnc2)c1. The number of hydrogen-bond donors (Lipinski definition) is 1. The molecule has 0 atom stereocenters. The second-order valence-electron chi connectivity index (χ2n) is 6.10. The summed E-state index contributed by atoms with van der Waals surface area (Å²) in [6, 6.07) is 20.7. The molecular formula is C22H18N4O2. The minimum Gasteiger partial charge on any atom is -0.497 e. The van der Waals surface area contributed by atoms with Crippen molar-refractivity contribution in [2.45, 2.75) is 0 Å². The van der Waals surface area contributed by atoms with E-state index in [9.17, 15) is 4.79 Å². The molecule has 2 aromatic carbocycles. The molecule has 28 heavy (non-hydrogen) atoms. The first-order chi connectivity index (χ1) is 13.7. The Hall–Kier alpha value is -3.93. The molecule has 4 aromatic rings. The van der Waals surface area contributed by atoms with E-state index >= 15 is 0 Å². The number of nitrogens with zero attached hydrogens (tertiary/aromatic N) is 3. The van der Waals surface area contributed by atoms with Crippen molar-refractivity contribution in [1.29, 1.82) is 0 Å². The quantitative estimate of drug-likeness (QED) is 0.572. The largest absolute Gasteiger partial charge is 0.497 e. The maximum Gasteiger partial charge on any atom is 0.259 e. The molecule has 6 nitrogen and oxygen atoms in total. The summed E-state index contributed by atoms with van der Waals surface area (Å²) in [6.07, 6.45) is 4.99. The molecule has 0 aliphatic heterocycles. The fourth-order valence-electron chi connectivity index (χ4n) is 2.87. The number of anilines is 1. The Morgan fingerprint density at radius 1 is 1.04 bits per heavy atom. The fourth-order valence-corrected chi connectivity index (χ4v) is 2.87. The molecule has 6 heteroatoms. The van der Waals surface area contributed by atoms with E-state index in [1.54, 1.807) is 42.5 Å². The number of hydrogen-bond acceptors (Lipinski definition) is 4. The van der Waals surface area contributed by atoms with Crippen molar-refractivity contribution in [3.05, 3.63) is 90.9 Å². The zero-order chi connectivity index (χ0) is 19.3. The van der Waals surface area contributed by atoms with Gasteiger partial charge in [0.05, 0.1) is 30.2 Å². The van der Waals surface area contributed by atoms with Gasteiger partial charge in [0.2, 0.25) is 0 Å². The van der Waals surface area contributed by atoms with Crippen LogP contribution in [0.25, 0.3) is 16.9 Å². The number of benzene rings is 2. The van der Waals surface area contributed by atoms with Crippen molar-refractivity contribution in [1.82, 2.24) is 14.8 Å². The van der Waals surface area contributed by atoms with Gasteiger partial charge in [0.25, 0.3) is 5.91 Å². The highest BCUT2D eigenvalue weighted by molar-refractivity contribution is 6.08. The summed E-state index contributed by atoms with van der Waals surface area (Å²) in [5.74, 6) is 0.443. The number of amides is 1. The first-order valence-electron chi connectivity index (χ1n) is 8.75. The minimum atomic E-state index is -0.256. The van der Waals surface area contributed by atoms with E-state index in [2.05, 4.69) is 15.4 Å². The predicted molar refractivity (Wildman–Crippen MR) is 108 cm³/mol. The molecule has 138 valence electrons. The van der Waals surface area contributed by atoms with Gasteiger partial charge in [0.1, 0.15) is 11.4 Å². The van der Waals surface area contributed by atoms with Crippen LogP contribution in [0.3, 0.4) is 0 Å². The standard InChI is InChI=1S/C22H18N4O2/c1-28-19-11-5-7-16(13-19)21-20(22(27)24-17-8-6-12-23-14-17)15-26(25-21)18-9-3-2-4-10-18/h2-15H,1H3,(H,24,27). The summed E-state index contributed by atoms with van der Waals surface area (Å²) in [5.41, 5.74) is 3.32. The molecule has 0 aliphatic carbocycles. The smallest absolute Gasteiger partial charge is 0.259 e. The number of para-hydroxylation sites is 1. The molecule has 1 N–H and O–H groups in total. The number of carbonyl (C=O) groups excluding carboxylic acids is 1. The van der Waals surface area contributed by atoms with Gasteiger partial charge in [-0.1, -0.05) is 30.3 Å². The molecule has 0 radical (unpaired) electrons. The molecule has 0 spiro atoms. The number of ether oxygens (including phenoxy) is 1. The van der Waals surface area contributed by atoms with E-state index in [0.29, 0.717) is 22.7 Å². The van der Waals surface area contributed by atoms with Gasteiger partial charge in [-0.3, -0.25) is 9.78 Å². The summed E-state index contributed by atoms with van der Waals surface area (Å²) < 4.78 is 7.02. The van der Waals surface area contributed by atoms with E-state index in [4.69, 9.17) is 4.74 Å². The highest BCUT2D eigenvalue weighted by Crippen LogP contribution is 2.27. The van der Waals surface area contributed by atoms with Crippen LogP contribution in [-0.2, 0) is 0 Å². The number of aromatic nitrogens is 3. The van der Waals surface area contributed by atoms with Crippen LogP contribution in [0.2, 0.25) is 0 Å². The van der Waals surface area contributed by atoms with Crippen molar-refractivity contribution in [2.75, 3.05) is 12.4 Å². The van der Waals surface area contributed by atoms with Gasteiger partial charge < -0.3 is 10.1 Å². The summed E-state index contributed by atoms with van der Waals surface area (Å²) >= 11 is 0. The number of carbonyl (C=O) groups is 1. The Morgan fingerprint density at radius 3 is 2.64 bits per heavy atom. The Morgan fingerprint density at radius 2 is 1.89 bits per heavy atom. The first-order valence-corrected chi connectivity index (χ1v) is 8.75. The molecule has 0 unspecified atom stereocenters. The van der Waals surface area contributed by atoms with Crippen LogP contribution in [0.5, 0.6) is 5.75 Å². The number of nitrogens with one attached hydrogen (secondary N) is 1.